The number of amides is 1. The molecule has 1 aromatic heterocycles. The van der Waals surface area contributed by atoms with Crippen LogP contribution in [0.25, 0.3) is 0 Å². The van der Waals surface area contributed by atoms with Crippen molar-refractivity contribution in [1.29, 1.82) is 0 Å². The van der Waals surface area contributed by atoms with Crippen LogP contribution in [0.15, 0.2) is 47.4 Å². The van der Waals surface area contributed by atoms with Gasteiger partial charge in [-0.05, 0) is 24.6 Å². The molecule has 1 N–H and O–H groups in total. The average molecular weight is 357 g/mol. The number of hydrogen-bond donors (Lipinski definition) is 1. The van der Waals surface area contributed by atoms with Crippen molar-refractivity contribution in [3.05, 3.63) is 58.6 Å². The van der Waals surface area contributed by atoms with Gasteiger partial charge in [0.25, 0.3) is 5.91 Å². The van der Waals surface area contributed by atoms with E-state index in [2.05, 4.69) is 17.2 Å². The van der Waals surface area contributed by atoms with Crippen molar-refractivity contribution in [2.75, 3.05) is 12.4 Å². The van der Waals surface area contributed by atoms with E-state index >= 15 is 0 Å². The van der Waals surface area contributed by atoms with E-state index < -0.39 is 11.9 Å². The molecule has 2 aromatic rings. The fourth-order valence-electron chi connectivity index (χ4n) is 3.33. The number of methoxy groups -OCH3 is 1. The van der Waals surface area contributed by atoms with Crippen LogP contribution in [0.2, 0.25) is 0 Å². The number of anilines is 1. The van der Waals surface area contributed by atoms with Gasteiger partial charge in [-0.15, -0.1) is 0 Å². The number of benzene rings is 1. The molecule has 4 atom stereocenters. The van der Waals surface area contributed by atoms with Gasteiger partial charge >= 0.3 is 5.69 Å². The lowest BCUT2D eigenvalue weighted by Crippen LogP contribution is -2.34. The van der Waals surface area contributed by atoms with Crippen LogP contribution >= 0.6 is 0 Å². The largest absolute Gasteiger partial charge is 0.376 e. The quantitative estimate of drug-likeness (QED) is 0.889. The third kappa shape index (κ3) is 3.54. The number of nitrogens with zero attached hydrogens (tertiary/aromatic N) is 2. The Morgan fingerprint density at radius 3 is 2.65 bits per heavy atom. The highest BCUT2D eigenvalue weighted by atomic mass is 16.6. The van der Waals surface area contributed by atoms with E-state index in [-0.39, 0.29) is 29.9 Å². The van der Waals surface area contributed by atoms with Gasteiger partial charge in [0.1, 0.15) is 11.9 Å². The predicted octanol–water partition coefficient (Wildman–Crippen LogP) is 2.45. The fourth-order valence-corrected chi connectivity index (χ4v) is 3.33. The molecule has 1 aliphatic rings. The first-order valence-electron chi connectivity index (χ1n) is 8.69. The van der Waals surface area contributed by atoms with E-state index in [1.54, 1.807) is 43.6 Å². The van der Waals surface area contributed by atoms with E-state index in [0.29, 0.717) is 5.56 Å². The molecule has 26 heavy (non-hydrogen) atoms. The van der Waals surface area contributed by atoms with Crippen LogP contribution in [0.5, 0.6) is 0 Å². The fraction of sp³-hybridized carbons (Fsp3) is 0.421. The van der Waals surface area contributed by atoms with Crippen molar-refractivity contribution < 1.29 is 14.3 Å². The summed E-state index contributed by atoms with van der Waals surface area (Å²) in [6, 6.07) is 10.3. The minimum atomic E-state index is -0.529. The van der Waals surface area contributed by atoms with Crippen LogP contribution in [-0.2, 0) is 9.47 Å². The molecule has 138 valence electrons. The predicted molar refractivity (Wildman–Crippen MR) is 97.1 cm³/mol. The molecule has 4 unspecified atom stereocenters. The lowest BCUT2D eigenvalue weighted by molar-refractivity contribution is -0.0529. The Labute approximate surface area is 152 Å². The van der Waals surface area contributed by atoms with Gasteiger partial charge in [0.05, 0.1) is 6.10 Å². The van der Waals surface area contributed by atoms with Gasteiger partial charge in [-0.1, -0.05) is 32.0 Å². The average Bonchev–Trinajstić information content (AvgIpc) is 2.98. The van der Waals surface area contributed by atoms with Gasteiger partial charge in [-0.25, -0.2) is 4.79 Å². The standard InChI is InChI=1S/C19H23N3O4/c1-4-14-12(2)16(25-3)18(26-14)22-11-10-15(21-19(22)24)20-17(23)13-8-6-5-7-9-13/h5-12,14,16,18H,4H2,1-3H3,(H,20,21,23,24). The summed E-state index contributed by atoms with van der Waals surface area (Å²) in [5.41, 5.74) is 0.00327. The summed E-state index contributed by atoms with van der Waals surface area (Å²) in [7, 11) is 1.61. The maximum Gasteiger partial charge on any atom is 0.351 e. The third-order valence-electron chi connectivity index (χ3n) is 4.76. The molecule has 7 heteroatoms. The van der Waals surface area contributed by atoms with E-state index in [4.69, 9.17) is 9.47 Å². The lowest BCUT2D eigenvalue weighted by Gasteiger charge is -2.21. The maximum absolute atomic E-state index is 12.5. The van der Waals surface area contributed by atoms with Crippen LogP contribution in [-0.4, -0.2) is 34.8 Å². The molecule has 0 radical (unpaired) electrons. The Balaban J connectivity index is 1.80. The minimum Gasteiger partial charge on any atom is -0.376 e. The first kappa shape index (κ1) is 18.3. The first-order valence-corrected chi connectivity index (χ1v) is 8.69. The molecule has 0 bridgehead atoms. The second kappa shape index (κ2) is 7.80. The molecule has 1 saturated heterocycles. The van der Waals surface area contributed by atoms with Gasteiger partial charge in [-0.2, -0.15) is 4.98 Å². The Hall–Kier alpha value is -2.51. The summed E-state index contributed by atoms with van der Waals surface area (Å²) in [6.07, 6.45) is 1.68. The number of aromatic nitrogens is 2. The number of nitrogens with one attached hydrogen (secondary N) is 1. The van der Waals surface area contributed by atoms with Gasteiger partial charge in [0, 0.05) is 24.8 Å². The summed E-state index contributed by atoms with van der Waals surface area (Å²) in [5.74, 6) is 0.0494. The summed E-state index contributed by atoms with van der Waals surface area (Å²) >= 11 is 0. The van der Waals surface area contributed by atoms with Crippen LogP contribution in [0.4, 0.5) is 5.82 Å². The summed E-state index contributed by atoms with van der Waals surface area (Å²) < 4.78 is 13.0. The van der Waals surface area contributed by atoms with E-state index in [0.717, 1.165) is 6.42 Å². The van der Waals surface area contributed by atoms with Crippen molar-refractivity contribution in [2.24, 2.45) is 5.92 Å². The molecular formula is C19H23N3O4. The molecular weight excluding hydrogens is 334 g/mol. The van der Waals surface area contributed by atoms with Crippen LogP contribution in [0, 0.1) is 5.92 Å². The molecule has 1 amide bonds. The summed E-state index contributed by atoms with van der Waals surface area (Å²) in [5, 5.41) is 2.64. The molecule has 7 nitrogen and oxygen atoms in total. The molecule has 0 saturated carbocycles. The van der Waals surface area contributed by atoms with E-state index in [1.165, 1.54) is 4.57 Å². The maximum atomic E-state index is 12.5. The van der Waals surface area contributed by atoms with Crippen LogP contribution < -0.4 is 11.0 Å². The molecule has 1 aliphatic heterocycles. The van der Waals surface area contributed by atoms with Crippen molar-refractivity contribution in [2.45, 2.75) is 38.7 Å². The second-order valence-corrected chi connectivity index (χ2v) is 6.36. The molecule has 2 heterocycles. The minimum absolute atomic E-state index is 0.0225. The summed E-state index contributed by atoms with van der Waals surface area (Å²) in [6.45, 7) is 4.09. The van der Waals surface area contributed by atoms with Gasteiger partial charge < -0.3 is 14.8 Å². The zero-order valence-electron chi connectivity index (χ0n) is 15.1. The molecule has 3 rings (SSSR count). The highest BCUT2D eigenvalue weighted by Gasteiger charge is 2.42. The Kier molecular flexibility index (Phi) is 5.49. The van der Waals surface area contributed by atoms with Crippen LogP contribution in [0.1, 0.15) is 36.9 Å². The highest BCUT2D eigenvalue weighted by Crippen LogP contribution is 2.36. The van der Waals surface area contributed by atoms with Gasteiger partial charge in [0.15, 0.2) is 6.23 Å². The third-order valence-corrected chi connectivity index (χ3v) is 4.76. The monoisotopic (exact) mass is 357 g/mol. The van der Waals surface area contributed by atoms with Gasteiger partial charge in [0.2, 0.25) is 0 Å². The first-order chi connectivity index (χ1) is 12.5. The number of carbonyl (C=O) groups is 1. The number of rotatable bonds is 5. The second-order valence-electron chi connectivity index (χ2n) is 6.36. The van der Waals surface area contributed by atoms with Crippen molar-refractivity contribution in [3.63, 3.8) is 0 Å². The van der Waals surface area contributed by atoms with E-state index in [1.807, 2.05) is 13.0 Å². The van der Waals surface area contributed by atoms with Crippen molar-refractivity contribution in [1.82, 2.24) is 9.55 Å². The highest BCUT2D eigenvalue weighted by molar-refractivity contribution is 6.03. The normalized spacial score (nSPS) is 25.2. The molecule has 1 aromatic carbocycles. The van der Waals surface area contributed by atoms with Crippen molar-refractivity contribution >= 4 is 11.7 Å². The molecule has 0 spiro atoms. The molecule has 0 aliphatic carbocycles. The van der Waals surface area contributed by atoms with Crippen molar-refractivity contribution in [3.8, 4) is 0 Å². The lowest BCUT2D eigenvalue weighted by atomic mass is 9.98. The van der Waals surface area contributed by atoms with E-state index in [9.17, 15) is 9.59 Å². The SMILES string of the molecule is CCC1OC(n2ccc(NC(=O)c3ccccc3)nc2=O)C(OC)C1C. The Bertz CT molecular complexity index is 821. The summed E-state index contributed by atoms with van der Waals surface area (Å²) in [4.78, 5) is 28.6. The Morgan fingerprint density at radius 1 is 1.31 bits per heavy atom. The number of ether oxygens (including phenoxy) is 2. The topological polar surface area (TPSA) is 82.5 Å². The Morgan fingerprint density at radius 2 is 2.04 bits per heavy atom. The number of hydrogen-bond acceptors (Lipinski definition) is 5. The zero-order chi connectivity index (χ0) is 18.7. The zero-order valence-corrected chi connectivity index (χ0v) is 15.1. The number of carbonyl (C=O) groups excluding carboxylic acids is 1. The van der Waals surface area contributed by atoms with Gasteiger partial charge in [-0.3, -0.25) is 9.36 Å². The smallest absolute Gasteiger partial charge is 0.351 e. The molecule has 1 fully saturated rings. The van der Waals surface area contributed by atoms with Crippen LogP contribution in [0.3, 0.4) is 0 Å².